The first-order valence-corrected chi connectivity index (χ1v) is 4.12. The second-order valence-electron chi connectivity index (χ2n) is 2.61. The minimum atomic E-state index is -0.886. The van der Waals surface area contributed by atoms with Crippen molar-refractivity contribution in [2.45, 2.75) is 38.7 Å². The second kappa shape index (κ2) is 6.64. The molecule has 0 saturated carbocycles. The lowest BCUT2D eigenvalue weighted by atomic mass is 10.1. The summed E-state index contributed by atoms with van der Waals surface area (Å²) in [7, 11) is 0. The molecule has 0 aliphatic heterocycles. The molecule has 0 radical (unpaired) electrons. The first-order valence-electron chi connectivity index (χ1n) is 4.12. The van der Waals surface area contributed by atoms with Crippen LogP contribution >= 0.6 is 0 Å². The molecule has 0 aliphatic carbocycles. The van der Waals surface area contributed by atoms with Gasteiger partial charge in [0.1, 0.15) is 0 Å². The van der Waals surface area contributed by atoms with Crippen LogP contribution in [-0.2, 0) is 9.53 Å². The molecule has 2 N–H and O–H groups in total. The third-order valence-electron chi connectivity index (χ3n) is 1.51. The summed E-state index contributed by atoms with van der Waals surface area (Å²) >= 11 is 0. The van der Waals surface area contributed by atoms with Gasteiger partial charge in [-0.15, -0.1) is 0 Å². The van der Waals surface area contributed by atoms with Crippen molar-refractivity contribution in [1.29, 1.82) is 0 Å². The van der Waals surface area contributed by atoms with Gasteiger partial charge >= 0.3 is 6.09 Å². The Morgan fingerprint density at radius 2 is 2.25 bits per heavy atom. The van der Waals surface area contributed by atoms with Crippen molar-refractivity contribution in [2.75, 3.05) is 0 Å². The fourth-order valence-electron chi connectivity index (χ4n) is 0.899. The van der Waals surface area contributed by atoms with Gasteiger partial charge < -0.3 is 10.5 Å². The van der Waals surface area contributed by atoms with E-state index in [0.29, 0.717) is 12.7 Å². The zero-order valence-electron chi connectivity index (χ0n) is 7.29. The number of aldehydes is 1. The van der Waals surface area contributed by atoms with Crippen LogP contribution in [0.4, 0.5) is 4.79 Å². The number of primary amides is 1. The van der Waals surface area contributed by atoms with E-state index in [1.807, 2.05) is 0 Å². The van der Waals surface area contributed by atoms with Crippen molar-refractivity contribution in [3.05, 3.63) is 0 Å². The van der Waals surface area contributed by atoms with Crippen molar-refractivity contribution in [3.8, 4) is 0 Å². The molecule has 0 fully saturated rings. The van der Waals surface area contributed by atoms with Crippen LogP contribution < -0.4 is 5.73 Å². The molecule has 4 nitrogen and oxygen atoms in total. The van der Waals surface area contributed by atoms with E-state index in [1.54, 1.807) is 0 Å². The van der Waals surface area contributed by atoms with Crippen LogP contribution in [0.2, 0.25) is 0 Å². The average Bonchev–Trinajstić information content (AvgIpc) is 2.02. The summed E-state index contributed by atoms with van der Waals surface area (Å²) in [5.74, 6) is 0. The van der Waals surface area contributed by atoms with E-state index in [1.165, 1.54) is 0 Å². The SMILES string of the molecule is CCCCCC(C=O)OC(N)=O. The van der Waals surface area contributed by atoms with Crippen LogP contribution in [0.1, 0.15) is 32.6 Å². The number of rotatable bonds is 6. The summed E-state index contributed by atoms with van der Waals surface area (Å²) in [5, 5.41) is 0. The highest BCUT2D eigenvalue weighted by Gasteiger charge is 2.09. The molecule has 1 unspecified atom stereocenters. The van der Waals surface area contributed by atoms with Crippen molar-refractivity contribution in [1.82, 2.24) is 0 Å². The Morgan fingerprint density at radius 3 is 2.67 bits per heavy atom. The van der Waals surface area contributed by atoms with Crippen LogP contribution in [0, 0.1) is 0 Å². The average molecular weight is 173 g/mol. The van der Waals surface area contributed by atoms with E-state index in [-0.39, 0.29) is 0 Å². The third-order valence-corrected chi connectivity index (χ3v) is 1.51. The third kappa shape index (κ3) is 5.70. The molecule has 70 valence electrons. The Labute approximate surface area is 72.1 Å². The van der Waals surface area contributed by atoms with Crippen LogP contribution in [0.5, 0.6) is 0 Å². The van der Waals surface area contributed by atoms with Gasteiger partial charge in [-0.25, -0.2) is 4.79 Å². The first-order chi connectivity index (χ1) is 5.70. The molecule has 0 spiro atoms. The minimum Gasteiger partial charge on any atom is -0.439 e. The molecule has 1 amide bonds. The fourth-order valence-corrected chi connectivity index (χ4v) is 0.899. The zero-order valence-corrected chi connectivity index (χ0v) is 7.29. The topological polar surface area (TPSA) is 69.4 Å². The van der Waals surface area contributed by atoms with E-state index in [4.69, 9.17) is 5.73 Å². The van der Waals surface area contributed by atoms with Gasteiger partial charge in [-0.05, 0) is 12.8 Å². The molecule has 0 heterocycles. The summed E-state index contributed by atoms with van der Waals surface area (Å²) in [4.78, 5) is 20.5. The van der Waals surface area contributed by atoms with Crippen molar-refractivity contribution < 1.29 is 14.3 Å². The van der Waals surface area contributed by atoms with Crippen LogP contribution in [0.25, 0.3) is 0 Å². The largest absolute Gasteiger partial charge is 0.439 e. The van der Waals surface area contributed by atoms with Crippen LogP contribution in [-0.4, -0.2) is 18.5 Å². The van der Waals surface area contributed by atoms with Gasteiger partial charge in [-0.2, -0.15) is 0 Å². The maximum absolute atomic E-state index is 10.3. The zero-order chi connectivity index (χ0) is 9.40. The second-order valence-corrected chi connectivity index (χ2v) is 2.61. The van der Waals surface area contributed by atoms with Gasteiger partial charge in [0, 0.05) is 0 Å². The highest BCUT2D eigenvalue weighted by atomic mass is 16.6. The molecular formula is C8H15NO3. The van der Waals surface area contributed by atoms with Gasteiger partial charge in [0.05, 0.1) is 0 Å². The van der Waals surface area contributed by atoms with Gasteiger partial charge in [0.15, 0.2) is 12.4 Å². The predicted octanol–water partition coefficient (Wildman–Crippen LogP) is 1.23. The number of carbonyl (C=O) groups excluding carboxylic acids is 2. The molecule has 4 heteroatoms. The number of hydrogen-bond acceptors (Lipinski definition) is 3. The lowest BCUT2D eigenvalue weighted by Gasteiger charge is -2.08. The van der Waals surface area contributed by atoms with E-state index in [9.17, 15) is 9.59 Å². The van der Waals surface area contributed by atoms with E-state index < -0.39 is 12.2 Å². The number of ether oxygens (including phenoxy) is 1. The van der Waals surface area contributed by atoms with E-state index in [0.717, 1.165) is 19.3 Å². The van der Waals surface area contributed by atoms with Gasteiger partial charge in [0.25, 0.3) is 0 Å². The molecule has 0 saturated heterocycles. The highest BCUT2D eigenvalue weighted by Crippen LogP contribution is 2.04. The van der Waals surface area contributed by atoms with E-state index in [2.05, 4.69) is 11.7 Å². The minimum absolute atomic E-state index is 0.570. The number of amides is 1. The number of unbranched alkanes of at least 4 members (excludes halogenated alkanes) is 2. The molecule has 0 aromatic carbocycles. The molecule has 12 heavy (non-hydrogen) atoms. The molecule has 0 aromatic rings. The monoisotopic (exact) mass is 173 g/mol. The Hall–Kier alpha value is -1.06. The Kier molecular flexibility index (Phi) is 6.05. The molecule has 0 rings (SSSR count). The Bertz CT molecular complexity index is 147. The molecule has 0 bridgehead atoms. The molecule has 1 atom stereocenters. The fraction of sp³-hybridized carbons (Fsp3) is 0.750. The normalized spacial score (nSPS) is 12.1. The van der Waals surface area contributed by atoms with Gasteiger partial charge in [-0.1, -0.05) is 19.8 Å². The van der Waals surface area contributed by atoms with Gasteiger partial charge in [0.2, 0.25) is 0 Å². The van der Waals surface area contributed by atoms with Crippen molar-refractivity contribution in [2.24, 2.45) is 5.73 Å². The molecule has 0 aliphatic rings. The van der Waals surface area contributed by atoms with Crippen molar-refractivity contribution >= 4 is 12.4 Å². The standard InChI is InChI=1S/C8H15NO3/c1-2-3-4-5-7(6-10)12-8(9)11/h6-7H,2-5H2,1H3,(H2,9,11). The summed E-state index contributed by atoms with van der Waals surface area (Å²) < 4.78 is 4.52. The predicted molar refractivity (Wildman–Crippen MR) is 44.7 cm³/mol. The number of hydrogen-bond donors (Lipinski definition) is 1. The summed E-state index contributed by atoms with van der Waals surface area (Å²) in [6.07, 6.45) is 2.63. The lowest BCUT2D eigenvalue weighted by molar-refractivity contribution is -0.115. The lowest BCUT2D eigenvalue weighted by Crippen LogP contribution is -2.23. The maximum Gasteiger partial charge on any atom is 0.405 e. The van der Waals surface area contributed by atoms with Gasteiger partial charge in [-0.3, -0.25) is 4.79 Å². The Balaban J connectivity index is 3.53. The Morgan fingerprint density at radius 1 is 1.58 bits per heavy atom. The first kappa shape index (κ1) is 10.9. The van der Waals surface area contributed by atoms with E-state index >= 15 is 0 Å². The summed E-state index contributed by atoms with van der Waals surface area (Å²) in [6, 6.07) is 0. The quantitative estimate of drug-likeness (QED) is 0.485. The highest BCUT2D eigenvalue weighted by molar-refractivity contribution is 5.68. The molecule has 0 aromatic heterocycles. The van der Waals surface area contributed by atoms with Crippen LogP contribution in [0.15, 0.2) is 0 Å². The summed E-state index contributed by atoms with van der Waals surface area (Å²) in [6.45, 7) is 2.06. The maximum atomic E-state index is 10.3. The smallest absolute Gasteiger partial charge is 0.405 e. The molecular weight excluding hydrogens is 158 g/mol. The number of carbonyl (C=O) groups is 2. The summed E-state index contributed by atoms with van der Waals surface area (Å²) in [5.41, 5.74) is 4.75. The van der Waals surface area contributed by atoms with Crippen LogP contribution in [0.3, 0.4) is 0 Å². The number of nitrogens with two attached hydrogens (primary N) is 1. The van der Waals surface area contributed by atoms with Crippen molar-refractivity contribution in [3.63, 3.8) is 0 Å².